The maximum Gasteiger partial charge on any atom is 0.236 e. The van der Waals surface area contributed by atoms with E-state index in [0.29, 0.717) is 5.02 Å². The monoisotopic (exact) mass is 404 g/mol. The Bertz CT molecular complexity index is 914. The van der Waals surface area contributed by atoms with E-state index in [1.165, 1.54) is 6.42 Å². The molecule has 148 valence electrons. The number of hydrogen-bond acceptors (Lipinski definition) is 2. The second-order valence-electron chi connectivity index (χ2n) is 7.43. The highest BCUT2D eigenvalue weighted by Gasteiger charge is 2.25. The summed E-state index contributed by atoms with van der Waals surface area (Å²) in [5, 5.41) is 3.86. The van der Waals surface area contributed by atoms with Gasteiger partial charge in [0.1, 0.15) is 0 Å². The Labute approximate surface area is 177 Å². The molecule has 1 amide bonds. The lowest BCUT2D eigenvalue weighted by Gasteiger charge is -2.31. The van der Waals surface area contributed by atoms with Gasteiger partial charge in [-0.15, -0.1) is 0 Å². The quantitative estimate of drug-likeness (QED) is 0.557. The van der Waals surface area contributed by atoms with E-state index in [1.807, 2.05) is 78.9 Å². The molecule has 0 spiro atoms. The van der Waals surface area contributed by atoms with Gasteiger partial charge in [-0.25, -0.2) is 0 Å². The molecule has 1 fully saturated rings. The van der Waals surface area contributed by atoms with Gasteiger partial charge in [-0.2, -0.15) is 0 Å². The molecule has 0 aliphatic carbocycles. The summed E-state index contributed by atoms with van der Waals surface area (Å²) >= 11 is 6.57. The molecule has 3 aromatic rings. The van der Waals surface area contributed by atoms with Gasteiger partial charge in [-0.1, -0.05) is 78.3 Å². The minimum atomic E-state index is -0.384. The summed E-state index contributed by atoms with van der Waals surface area (Å²) < 4.78 is 0. The number of piperidine rings is 1. The van der Waals surface area contributed by atoms with Crippen molar-refractivity contribution in [1.82, 2.24) is 0 Å². The molecule has 1 aliphatic rings. The number of para-hydroxylation sites is 1. The molecule has 0 saturated carbocycles. The van der Waals surface area contributed by atoms with Gasteiger partial charge in [0.15, 0.2) is 0 Å². The van der Waals surface area contributed by atoms with Crippen LogP contribution in [-0.2, 0) is 4.79 Å². The molecule has 4 rings (SSSR count). The zero-order valence-corrected chi connectivity index (χ0v) is 17.1. The van der Waals surface area contributed by atoms with Crippen LogP contribution in [-0.4, -0.2) is 19.0 Å². The number of nitrogens with zero attached hydrogens (tertiary/aromatic N) is 1. The van der Waals surface area contributed by atoms with Gasteiger partial charge < -0.3 is 10.2 Å². The molecule has 0 radical (unpaired) electrons. The van der Waals surface area contributed by atoms with Crippen LogP contribution in [0.5, 0.6) is 0 Å². The highest BCUT2D eigenvalue weighted by Crippen LogP contribution is 2.36. The Kier molecular flexibility index (Phi) is 6.16. The van der Waals surface area contributed by atoms with Crippen molar-refractivity contribution in [2.45, 2.75) is 25.2 Å². The first-order valence-electron chi connectivity index (χ1n) is 10.2. The third-order valence-electron chi connectivity index (χ3n) is 5.44. The Hall–Kier alpha value is -2.78. The van der Waals surface area contributed by atoms with Crippen LogP contribution in [0.25, 0.3) is 0 Å². The van der Waals surface area contributed by atoms with E-state index in [-0.39, 0.29) is 11.8 Å². The molecule has 1 saturated heterocycles. The number of amides is 1. The number of hydrogen-bond donors (Lipinski definition) is 1. The van der Waals surface area contributed by atoms with Crippen molar-refractivity contribution in [3.8, 4) is 0 Å². The van der Waals surface area contributed by atoms with Crippen LogP contribution in [0.3, 0.4) is 0 Å². The topological polar surface area (TPSA) is 32.3 Å². The molecule has 0 atom stereocenters. The molecule has 1 heterocycles. The molecule has 3 aromatic carbocycles. The van der Waals surface area contributed by atoms with Crippen molar-refractivity contribution in [3.05, 3.63) is 95.0 Å². The number of nitrogens with one attached hydrogen (secondary N) is 1. The van der Waals surface area contributed by atoms with Crippen molar-refractivity contribution in [1.29, 1.82) is 0 Å². The molecule has 4 heteroatoms. The Balaban J connectivity index is 1.68. The van der Waals surface area contributed by atoms with Crippen LogP contribution in [0.1, 0.15) is 36.3 Å². The average molecular weight is 405 g/mol. The minimum absolute atomic E-state index is 0.0528. The zero-order valence-electron chi connectivity index (χ0n) is 16.4. The molecule has 3 nitrogen and oxygen atoms in total. The van der Waals surface area contributed by atoms with Gasteiger partial charge in [0, 0.05) is 13.1 Å². The third-order valence-corrected chi connectivity index (χ3v) is 5.75. The van der Waals surface area contributed by atoms with E-state index in [2.05, 4.69) is 10.2 Å². The summed E-state index contributed by atoms with van der Waals surface area (Å²) in [4.78, 5) is 15.8. The van der Waals surface area contributed by atoms with Crippen molar-refractivity contribution < 1.29 is 4.79 Å². The largest absolute Gasteiger partial charge is 0.369 e. The molecule has 29 heavy (non-hydrogen) atoms. The zero-order chi connectivity index (χ0) is 20.1. The summed E-state index contributed by atoms with van der Waals surface area (Å²) in [5.41, 5.74) is 3.65. The van der Waals surface area contributed by atoms with Crippen LogP contribution in [0.4, 0.5) is 11.4 Å². The van der Waals surface area contributed by atoms with Gasteiger partial charge in [0.05, 0.1) is 22.3 Å². The van der Waals surface area contributed by atoms with Crippen molar-refractivity contribution in [3.63, 3.8) is 0 Å². The summed E-state index contributed by atoms with van der Waals surface area (Å²) in [5.74, 6) is -0.437. The van der Waals surface area contributed by atoms with Crippen LogP contribution in [0.2, 0.25) is 5.02 Å². The second-order valence-corrected chi connectivity index (χ2v) is 7.83. The lowest BCUT2D eigenvalue weighted by atomic mass is 9.90. The summed E-state index contributed by atoms with van der Waals surface area (Å²) in [6.07, 6.45) is 3.54. The standard InChI is InChI=1S/C25H25ClN2O/c26-21-15-10-16-22(24(21)28-17-8-3-9-18-28)27-25(29)23(19-11-4-1-5-12-19)20-13-6-2-7-14-20/h1-2,4-7,10-16,23H,3,8-9,17-18H2,(H,27,29). The number of carbonyl (C=O) groups is 1. The van der Waals surface area contributed by atoms with Gasteiger partial charge in [0.2, 0.25) is 5.91 Å². The minimum Gasteiger partial charge on any atom is -0.369 e. The summed E-state index contributed by atoms with van der Waals surface area (Å²) in [6, 6.07) is 25.6. The molecule has 1 aliphatic heterocycles. The average Bonchev–Trinajstić information content (AvgIpc) is 2.76. The first-order valence-corrected chi connectivity index (χ1v) is 10.6. The first kappa shape index (κ1) is 19.5. The fourth-order valence-corrected chi connectivity index (χ4v) is 4.34. The number of benzene rings is 3. The molecular weight excluding hydrogens is 380 g/mol. The van der Waals surface area contributed by atoms with E-state index in [4.69, 9.17) is 11.6 Å². The van der Waals surface area contributed by atoms with Crippen molar-refractivity contribution in [2.24, 2.45) is 0 Å². The predicted molar refractivity (Wildman–Crippen MR) is 121 cm³/mol. The van der Waals surface area contributed by atoms with Gasteiger partial charge in [0.25, 0.3) is 0 Å². The molecule has 0 aromatic heterocycles. The first-order chi connectivity index (χ1) is 14.2. The Morgan fingerprint density at radius 3 is 1.97 bits per heavy atom. The van der Waals surface area contributed by atoms with Crippen LogP contribution in [0.15, 0.2) is 78.9 Å². The number of anilines is 2. The smallest absolute Gasteiger partial charge is 0.236 e. The number of carbonyl (C=O) groups excluding carboxylic acids is 1. The van der Waals surface area contributed by atoms with Gasteiger partial charge in [-0.3, -0.25) is 4.79 Å². The molecule has 0 bridgehead atoms. The van der Waals surface area contributed by atoms with Crippen molar-refractivity contribution >= 4 is 28.9 Å². The van der Waals surface area contributed by atoms with Crippen molar-refractivity contribution in [2.75, 3.05) is 23.3 Å². The summed E-state index contributed by atoms with van der Waals surface area (Å²) in [7, 11) is 0. The Morgan fingerprint density at radius 2 is 1.38 bits per heavy atom. The highest BCUT2D eigenvalue weighted by atomic mass is 35.5. The highest BCUT2D eigenvalue weighted by molar-refractivity contribution is 6.34. The summed E-state index contributed by atoms with van der Waals surface area (Å²) in [6.45, 7) is 1.93. The van der Waals surface area contributed by atoms with Gasteiger partial charge in [-0.05, 0) is 42.5 Å². The maximum absolute atomic E-state index is 13.5. The van der Waals surface area contributed by atoms with E-state index in [0.717, 1.165) is 48.4 Å². The fraction of sp³-hybridized carbons (Fsp3) is 0.240. The van der Waals surface area contributed by atoms with E-state index in [9.17, 15) is 4.79 Å². The predicted octanol–water partition coefficient (Wildman–Crippen LogP) is 6.10. The maximum atomic E-state index is 13.5. The molecule has 1 N–H and O–H groups in total. The SMILES string of the molecule is O=C(Nc1cccc(Cl)c1N1CCCCC1)C(c1ccccc1)c1ccccc1. The van der Waals surface area contributed by atoms with E-state index >= 15 is 0 Å². The van der Waals surface area contributed by atoms with E-state index in [1.54, 1.807) is 0 Å². The van der Waals surface area contributed by atoms with Crippen LogP contribution < -0.4 is 10.2 Å². The Morgan fingerprint density at radius 1 is 0.793 bits per heavy atom. The number of halogens is 1. The van der Waals surface area contributed by atoms with Gasteiger partial charge >= 0.3 is 0 Å². The van der Waals surface area contributed by atoms with Crippen LogP contribution >= 0.6 is 11.6 Å². The third kappa shape index (κ3) is 4.46. The molecule has 0 unspecified atom stereocenters. The molecular formula is C25H25ClN2O. The normalized spacial score (nSPS) is 14.1. The van der Waals surface area contributed by atoms with E-state index < -0.39 is 0 Å². The lowest BCUT2D eigenvalue weighted by molar-refractivity contribution is -0.116. The lowest BCUT2D eigenvalue weighted by Crippen LogP contribution is -2.31. The van der Waals surface area contributed by atoms with Crippen LogP contribution in [0, 0.1) is 0 Å². The fourth-order valence-electron chi connectivity index (χ4n) is 4.05. The second kappa shape index (κ2) is 9.15. The number of rotatable bonds is 5.